The molecular weight excluding hydrogens is 1150 g/mol. The molecule has 0 radical (unpaired) electrons. The average molecular weight is 1220 g/mol. The van der Waals surface area contributed by atoms with E-state index < -0.39 is 34.8 Å². The number of nitrogen functional groups attached to an aromatic ring is 1. The molecule has 12 rings (SSSR count). The third-order valence-electron chi connectivity index (χ3n) is 15.7. The zero-order chi connectivity index (χ0) is 63.3. The maximum Gasteiger partial charge on any atom is 0.314 e. The van der Waals surface area contributed by atoms with Crippen molar-refractivity contribution in [2.75, 3.05) is 102 Å². The standard InChI is InChI=1S/C35H39F2N7O4.C29H30F2N8O2/c1-20-32(31-24(37)11-22(36)12-26(31)42-33(20)44-19-35(5,6)15-29(44)45)41-25-13-28(43-7-9-47-10-8-43)40-18-23(25)21-16-38-27(39-17-21)14-30(46)48-34(2,3)4;1-16-26(25-20(31)8-18(30)9-22(25)37-27(16)39-15-29(2,3)11-24(39)40)36-21-10-23(38-4-6-41-7-5-38)33-14-19(21)17-12-34-28(32)35-13-17/h11-13,16-18H,7-10,14-15,19H2,1-6H3,(H,40,41,42);8-10,12-14H,4-7,11,15H2,1-3H3,(H2,32,34,35)(H,33,36,37). The lowest BCUT2D eigenvalue weighted by Crippen LogP contribution is -2.36. The van der Waals surface area contributed by atoms with Gasteiger partial charge in [-0.3, -0.25) is 24.2 Å². The number of hydrogen-bond acceptors (Lipinski definition) is 19. The van der Waals surface area contributed by atoms with Gasteiger partial charge in [0, 0.05) is 159 Å². The molecule has 0 saturated carbocycles. The van der Waals surface area contributed by atoms with Crippen LogP contribution in [0.25, 0.3) is 44.1 Å². The molecule has 25 heteroatoms. The van der Waals surface area contributed by atoms with E-state index in [0.29, 0.717) is 164 Å². The van der Waals surface area contributed by atoms with E-state index in [1.165, 1.54) is 12.1 Å². The second kappa shape index (κ2) is 24.4. The summed E-state index contributed by atoms with van der Waals surface area (Å²) >= 11 is 0. The fraction of sp³-hybridized carbons (Fsp3) is 0.391. The van der Waals surface area contributed by atoms with Crippen molar-refractivity contribution in [3.63, 3.8) is 0 Å². The van der Waals surface area contributed by atoms with E-state index in [2.05, 4.69) is 55.3 Å². The van der Waals surface area contributed by atoms with Crippen LogP contribution in [0, 0.1) is 47.9 Å². The number of amides is 2. The molecule has 2 aromatic carbocycles. The number of nitrogens with one attached hydrogen (secondary N) is 2. The lowest BCUT2D eigenvalue weighted by atomic mass is 9.93. The molecule has 6 aromatic heterocycles. The molecule has 464 valence electrons. The fourth-order valence-electron chi connectivity index (χ4n) is 11.5. The molecule has 0 bridgehead atoms. The number of hydrogen-bond donors (Lipinski definition) is 3. The SMILES string of the molecule is Cc1c(N2CC(C)(C)CC2=O)nc2cc(F)cc(F)c2c1Nc1cc(N2CCOCC2)ncc1-c1cnc(CC(=O)OC(C)(C)C)nc1.Cc1c(N2CC(C)(C)CC2=O)nc2cc(F)cc(F)c2c1Nc1cc(N2CCOCC2)ncc1-c1cnc(N)nc1. The first-order chi connectivity index (χ1) is 42.3. The zero-order valence-corrected chi connectivity index (χ0v) is 51.0. The van der Waals surface area contributed by atoms with Crippen LogP contribution in [0.15, 0.2) is 73.6 Å². The van der Waals surface area contributed by atoms with E-state index in [-0.39, 0.29) is 56.8 Å². The third kappa shape index (κ3) is 13.5. The number of rotatable bonds is 12. The molecule has 4 aliphatic heterocycles. The van der Waals surface area contributed by atoms with E-state index in [4.69, 9.17) is 24.9 Å². The van der Waals surface area contributed by atoms with Gasteiger partial charge in [-0.25, -0.2) is 57.4 Å². The highest BCUT2D eigenvalue weighted by Gasteiger charge is 2.40. The van der Waals surface area contributed by atoms with Crippen molar-refractivity contribution in [1.82, 2.24) is 39.9 Å². The number of pyridine rings is 4. The molecule has 0 aliphatic carbocycles. The Labute approximate surface area is 511 Å². The predicted octanol–water partition coefficient (Wildman–Crippen LogP) is 10.5. The summed E-state index contributed by atoms with van der Waals surface area (Å²) in [5.41, 5.74) is 10.1. The number of esters is 1. The highest BCUT2D eigenvalue weighted by atomic mass is 19.1. The number of nitrogens with zero attached hydrogens (tertiary/aromatic N) is 12. The van der Waals surface area contributed by atoms with Crippen LogP contribution in [0.5, 0.6) is 0 Å². The minimum atomic E-state index is -0.790. The number of benzene rings is 2. The van der Waals surface area contributed by atoms with Crippen molar-refractivity contribution in [2.45, 2.75) is 87.2 Å². The Kier molecular flexibility index (Phi) is 16.8. The first-order valence-corrected chi connectivity index (χ1v) is 29.3. The first-order valence-electron chi connectivity index (χ1n) is 29.3. The van der Waals surface area contributed by atoms with Crippen LogP contribution in [0.4, 0.5) is 69.5 Å². The molecule has 0 spiro atoms. The Balaban J connectivity index is 0.000000186. The van der Waals surface area contributed by atoms with Gasteiger partial charge in [-0.15, -0.1) is 0 Å². The molecular formula is C64H69F4N15O6. The summed E-state index contributed by atoms with van der Waals surface area (Å²) in [5.74, 6) is -1.23. The molecule has 4 fully saturated rings. The van der Waals surface area contributed by atoms with Crippen LogP contribution in [-0.4, -0.2) is 129 Å². The van der Waals surface area contributed by atoms with Crippen LogP contribution in [0.2, 0.25) is 0 Å². The van der Waals surface area contributed by atoms with Gasteiger partial charge >= 0.3 is 5.97 Å². The molecule has 21 nitrogen and oxygen atoms in total. The van der Waals surface area contributed by atoms with E-state index >= 15 is 8.78 Å². The van der Waals surface area contributed by atoms with Gasteiger partial charge in [0.15, 0.2) is 0 Å². The van der Waals surface area contributed by atoms with Crippen LogP contribution >= 0.6 is 0 Å². The van der Waals surface area contributed by atoms with Gasteiger partial charge in [0.2, 0.25) is 17.8 Å². The van der Waals surface area contributed by atoms with Gasteiger partial charge in [0.25, 0.3) is 0 Å². The Morgan fingerprint density at radius 3 is 1.39 bits per heavy atom. The van der Waals surface area contributed by atoms with Gasteiger partial charge in [-0.2, -0.15) is 0 Å². The number of carbonyl (C=O) groups excluding carboxylic acids is 3. The van der Waals surface area contributed by atoms with Crippen molar-refractivity contribution < 1.29 is 46.2 Å². The number of aromatic nitrogens is 8. The minimum Gasteiger partial charge on any atom is -0.460 e. The van der Waals surface area contributed by atoms with Gasteiger partial charge < -0.3 is 40.4 Å². The van der Waals surface area contributed by atoms with Crippen molar-refractivity contribution in [2.24, 2.45) is 10.8 Å². The van der Waals surface area contributed by atoms with Gasteiger partial charge in [-0.1, -0.05) is 27.7 Å². The lowest BCUT2D eigenvalue weighted by Gasteiger charge is -2.29. The Hall–Kier alpha value is -9.23. The maximum atomic E-state index is 15.7. The van der Waals surface area contributed by atoms with Gasteiger partial charge in [-0.05, 0) is 45.4 Å². The Bertz CT molecular complexity index is 4060. The smallest absolute Gasteiger partial charge is 0.314 e. The molecule has 4 saturated heterocycles. The number of anilines is 9. The van der Waals surface area contributed by atoms with E-state index in [1.807, 2.05) is 39.8 Å². The summed E-state index contributed by atoms with van der Waals surface area (Å²) in [5, 5.41) is 7.04. The average Bonchev–Trinajstić information content (AvgIpc) is 1.72. The van der Waals surface area contributed by atoms with Crippen LogP contribution < -0.4 is 36.0 Å². The largest absolute Gasteiger partial charge is 0.460 e. The molecule has 10 heterocycles. The summed E-state index contributed by atoms with van der Waals surface area (Å²) in [6, 6.07) is 7.72. The van der Waals surface area contributed by atoms with Gasteiger partial charge in [0.05, 0.1) is 71.0 Å². The number of halogens is 4. The highest BCUT2D eigenvalue weighted by molar-refractivity contribution is 6.05. The summed E-state index contributed by atoms with van der Waals surface area (Å²) in [6.45, 7) is 22.6. The van der Waals surface area contributed by atoms with Gasteiger partial charge in [0.1, 0.15) is 64.4 Å². The third-order valence-corrected chi connectivity index (χ3v) is 15.7. The number of fused-ring (bicyclic) bond motifs is 2. The van der Waals surface area contributed by atoms with Crippen molar-refractivity contribution in [1.29, 1.82) is 0 Å². The molecule has 89 heavy (non-hydrogen) atoms. The monoisotopic (exact) mass is 1220 g/mol. The predicted molar refractivity (Wildman–Crippen MR) is 331 cm³/mol. The van der Waals surface area contributed by atoms with Crippen LogP contribution in [-0.2, 0) is 35.0 Å². The maximum absolute atomic E-state index is 15.7. The van der Waals surface area contributed by atoms with Crippen molar-refractivity contribution >= 4 is 91.6 Å². The number of nitrogens with two attached hydrogens (primary N) is 1. The molecule has 0 atom stereocenters. The summed E-state index contributed by atoms with van der Waals surface area (Å²) < 4.78 is 76.5. The van der Waals surface area contributed by atoms with E-state index in [9.17, 15) is 23.2 Å². The fourth-order valence-corrected chi connectivity index (χ4v) is 11.5. The molecule has 8 aromatic rings. The first kappa shape index (κ1) is 61.4. The summed E-state index contributed by atoms with van der Waals surface area (Å²) in [6.07, 6.45) is 10.3. The Morgan fingerprint density at radius 2 is 1.01 bits per heavy atom. The number of carbonyl (C=O) groups is 3. The molecule has 0 unspecified atom stereocenters. The highest BCUT2D eigenvalue weighted by Crippen LogP contribution is 2.45. The van der Waals surface area contributed by atoms with Crippen molar-refractivity contribution in [3.05, 3.63) is 114 Å². The number of ether oxygens (including phenoxy) is 3. The van der Waals surface area contributed by atoms with Crippen molar-refractivity contribution in [3.8, 4) is 22.3 Å². The second-order valence-corrected chi connectivity index (χ2v) is 25.2. The zero-order valence-electron chi connectivity index (χ0n) is 51.0. The molecule has 4 aliphatic rings. The number of morpholine rings is 2. The Morgan fingerprint density at radius 1 is 0.607 bits per heavy atom. The lowest BCUT2D eigenvalue weighted by molar-refractivity contribution is -0.154. The summed E-state index contributed by atoms with van der Waals surface area (Å²) in [4.78, 5) is 81.6. The second-order valence-electron chi connectivity index (χ2n) is 25.2. The summed E-state index contributed by atoms with van der Waals surface area (Å²) in [7, 11) is 0. The molecule has 4 N–H and O–H groups in total. The quantitative estimate of drug-likeness (QED) is 0.0760. The topological polar surface area (TPSA) is 245 Å². The van der Waals surface area contributed by atoms with E-state index in [0.717, 1.165) is 12.1 Å². The molecule has 2 amide bonds. The van der Waals surface area contributed by atoms with Crippen LogP contribution in [0.1, 0.15) is 78.3 Å². The van der Waals surface area contributed by atoms with E-state index in [1.54, 1.807) is 81.6 Å². The van der Waals surface area contributed by atoms with Crippen LogP contribution in [0.3, 0.4) is 0 Å². The normalized spacial score (nSPS) is 16.7. The minimum absolute atomic E-state index is 0.0759.